The number of ether oxygens (including phenoxy) is 1. The van der Waals surface area contributed by atoms with E-state index in [-0.39, 0.29) is 0 Å². The zero-order chi connectivity index (χ0) is 13.9. The number of hydrogen-bond donors (Lipinski definition) is 1. The number of anilines is 1. The van der Waals surface area contributed by atoms with Crippen LogP contribution in [0, 0.1) is 6.92 Å². The number of aryl methyl sites for hydroxylation is 1. The fraction of sp³-hybridized carbons (Fsp3) is 0.118. The molecule has 1 heterocycles. The molecule has 0 aliphatic carbocycles. The lowest BCUT2D eigenvalue weighted by Crippen LogP contribution is -1.99. The largest absolute Gasteiger partial charge is 0.489 e. The highest BCUT2D eigenvalue weighted by molar-refractivity contribution is 5.82. The van der Waals surface area contributed by atoms with Gasteiger partial charge >= 0.3 is 0 Å². The van der Waals surface area contributed by atoms with Gasteiger partial charge in [-0.2, -0.15) is 0 Å². The maximum atomic E-state index is 5.83. The number of nitrogens with two attached hydrogens (primary N) is 1. The molecular formula is C17H16N2O. The topological polar surface area (TPSA) is 48.1 Å². The van der Waals surface area contributed by atoms with Crippen LogP contribution in [0.25, 0.3) is 10.9 Å². The van der Waals surface area contributed by atoms with Crippen molar-refractivity contribution in [2.75, 3.05) is 5.73 Å². The normalized spacial score (nSPS) is 10.7. The van der Waals surface area contributed by atoms with Gasteiger partial charge in [0, 0.05) is 28.4 Å². The van der Waals surface area contributed by atoms with E-state index in [0.29, 0.717) is 12.3 Å². The van der Waals surface area contributed by atoms with E-state index in [2.05, 4.69) is 17.1 Å². The summed E-state index contributed by atoms with van der Waals surface area (Å²) in [6, 6.07) is 17.6. The Morgan fingerprint density at radius 1 is 1.05 bits per heavy atom. The summed E-state index contributed by atoms with van der Waals surface area (Å²) in [5.74, 6) is 0.781. The minimum atomic E-state index is 0.507. The highest BCUT2D eigenvalue weighted by atomic mass is 16.5. The second kappa shape index (κ2) is 5.21. The molecule has 0 saturated carbocycles. The Kier molecular flexibility index (Phi) is 3.25. The molecule has 3 aromatic rings. The molecule has 0 saturated heterocycles. The predicted molar refractivity (Wildman–Crippen MR) is 81.7 cm³/mol. The lowest BCUT2D eigenvalue weighted by Gasteiger charge is -2.10. The summed E-state index contributed by atoms with van der Waals surface area (Å²) < 4.78 is 5.83. The number of hydrogen-bond acceptors (Lipinski definition) is 3. The van der Waals surface area contributed by atoms with Crippen molar-refractivity contribution in [3.8, 4) is 5.75 Å². The maximum absolute atomic E-state index is 5.83. The van der Waals surface area contributed by atoms with E-state index in [1.54, 1.807) is 0 Å². The molecule has 3 heteroatoms. The molecule has 3 nitrogen and oxygen atoms in total. The van der Waals surface area contributed by atoms with Gasteiger partial charge in [-0.3, -0.25) is 4.98 Å². The van der Waals surface area contributed by atoms with E-state index in [9.17, 15) is 0 Å². The fourth-order valence-electron chi connectivity index (χ4n) is 2.28. The zero-order valence-electron chi connectivity index (χ0n) is 11.3. The first-order valence-electron chi connectivity index (χ1n) is 6.56. The first-order chi connectivity index (χ1) is 9.72. The molecule has 0 amide bonds. The quantitative estimate of drug-likeness (QED) is 0.734. The van der Waals surface area contributed by atoms with Gasteiger partial charge in [0.25, 0.3) is 0 Å². The predicted octanol–water partition coefficient (Wildman–Crippen LogP) is 3.70. The van der Waals surface area contributed by atoms with Crippen LogP contribution in [0.1, 0.15) is 11.3 Å². The van der Waals surface area contributed by atoms with Gasteiger partial charge in [0.15, 0.2) is 0 Å². The lowest BCUT2D eigenvalue weighted by atomic mass is 10.1. The number of para-hydroxylation sites is 1. The van der Waals surface area contributed by atoms with Crippen LogP contribution in [0.15, 0.2) is 54.6 Å². The van der Waals surface area contributed by atoms with Crippen LogP contribution in [0.2, 0.25) is 0 Å². The van der Waals surface area contributed by atoms with E-state index in [1.807, 2.05) is 49.4 Å². The van der Waals surface area contributed by atoms with Crippen molar-refractivity contribution in [2.45, 2.75) is 13.5 Å². The van der Waals surface area contributed by atoms with Gasteiger partial charge in [-0.25, -0.2) is 0 Å². The Labute approximate surface area is 118 Å². The molecule has 100 valence electrons. The first kappa shape index (κ1) is 12.5. The van der Waals surface area contributed by atoms with E-state index in [4.69, 9.17) is 10.5 Å². The van der Waals surface area contributed by atoms with Gasteiger partial charge in [0.05, 0.1) is 5.52 Å². The third-order valence-electron chi connectivity index (χ3n) is 3.18. The molecule has 3 rings (SSSR count). The highest BCUT2D eigenvalue weighted by Crippen LogP contribution is 2.21. The Bertz CT molecular complexity index is 753. The van der Waals surface area contributed by atoms with Crippen LogP contribution >= 0.6 is 0 Å². The first-order valence-corrected chi connectivity index (χ1v) is 6.56. The second-order valence-electron chi connectivity index (χ2n) is 4.80. The summed E-state index contributed by atoms with van der Waals surface area (Å²) in [6.07, 6.45) is 0. The Balaban J connectivity index is 1.91. The summed E-state index contributed by atoms with van der Waals surface area (Å²) in [4.78, 5) is 4.53. The second-order valence-corrected chi connectivity index (χ2v) is 4.80. The number of aromatic nitrogens is 1. The monoisotopic (exact) mass is 264 g/mol. The van der Waals surface area contributed by atoms with E-state index in [1.165, 1.54) is 0 Å². The molecule has 0 aliphatic rings. The minimum absolute atomic E-state index is 0.507. The van der Waals surface area contributed by atoms with E-state index in [0.717, 1.165) is 27.9 Å². The molecule has 0 atom stereocenters. The number of rotatable bonds is 3. The summed E-state index contributed by atoms with van der Waals surface area (Å²) in [5, 5.41) is 1.13. The van der Waals surface area contributed by atoms with Crippen molar-refractivity contribution in [3.63, 3.8) is 0 Å². The lowest BCUT2D eigenvalue weighted by molar-refractivity contribution is 0.307. The van der Waals surface area contributed by atoms with Crippen LogP contribution in [0.4, 0.5) is 5.69 Å². The van der Waals surface area contributed by atoms with Crippen LogP contribution in [0.5, 0.6) is 5.75 Å². The number of nitrogens with zero attached hydrogens (tertiary/aromatic N) is 1. The molecule has 2 N–H and O–H groups in total. The summed E-state index contributed by atoms with van der Waals surface area (Å²) in [7, 11) is 0. The molecule has 0 bridgehead atoms. The van der Waals surface area contributed by atoms with Crippen LogP contribution in [-0.2, 0) is 6.61 Å². The maximum Gasteiger partial charge on any atom is 0.121 e. The number of pyridine rings is 1. The van der Waals surface area contributed by atoms with Gasteiger partial charge < -0.3 is 10.5 Å². The van der Waals surface area contributed by atoms with Crippen molar-refractivity contribution < 1.29 is 4.74 Å². The minimum Gasteiger partial charge on any atom is -0.489 e. The van der Waals surface area contributed by atoms with Crippen LogP contribution in [0.3, 0.4) is 0 Å². The van der Waals surface area contributed by atoms with Gasteiger partial charge in [0.1, 0.15) is 12.4 Å². The molecule has 0 unspecified atom stereocenters. The van der Waals surface area contributed by atoms with Crippen molar-refractivity contribution >= 4 is 16.6 Å². The number of benzene rings is 2. The SMILES string of the molecule is Cc1cc(COc2cccc(N)c2)c2ccccc2n1. The number of nitrogen functional groups attached to an aromatic ring is 1. The Morgan fingerprint density at radius 3 is 2.75 bits per heavy atom. The number of fused-ring (bicyclic) bond motifs is 1. The molecule has 20 heavy (non-hydrogen) atoms. The molecule has 0 spiro atoms. The standard InChI is InChI=1S/C17H16N2O/c1-12-9-13(16-7-2-3-8-17(16)19-12)11-20-15-6-4-5-14(18)10-15/h2-10H,11,18H2,1H3. The average Bonchev–Trinajstić information content (AvgIpc) is 2.44. The molecule has 2 aromatic carbocycles. The summed E-state index contributed by atoms with van der Waals surface area (Å²) >= 11 is 0. The zero-order valence-corrected chi connectivity index (χ0v) is 11.3. The average molecular weight is 264 g/mol. The van der Waals surface area contributed by atoms with E-state index >= 15 is 0 Å². The molecule has 0 radical (unpaired) electrons. The molecule has 1 aromatic heterocycles. The van der Waals surface area contributed by atoms with Crippen LogP contribution in [-0.4, -0.2) is 4.98 Å². The van der Waals surface area contributed by atoms with Crippen molar-refractivity contribution in [1.29, 1.82) is 0 Å². The smallest absolute Gasteiger partial charge is 0.121 e. The van der Waals surface area contributed by atoms with Crippen molar-refractivity contribution in [3.05, 3.63) is 65.9 Å². The summed E-state index contributed by atoms with van der Waals surface area (Å²) in [5.41, 5.74) is 9.59. The van der Waals surface area contributed by atoms with Gasteiger partial charge in [-0.1, -0.05) is 24.3 Å². The Hall–Kier alpha value is -2.55. The third-order valence-corrected chi connectivity index (χ3v) is 3.18. The molecular weight excluding hydrogens is 248 g/mol. The molecule has 0 fully saturated rings. The third kappa shape index (κ3) is 2.57. The van der Waals surface area contributed by atoms with E-state index < -0.39 is 0 Å². The van der Waals surface area contributed by atoms with Crippen molar-refractivity contribution in [2.24, 2.45) is 0 Å². The highest BCUT2D eigenvalue weighted by Gasteiger charge is 2.04. The van der Waals surface area contributed by atoms with Gasteiger partial charge in [-0.05, 0) is 31.2 Å². The summed E-state index contributed by atoms with van der Waals surface area (Å²) in [6.45, 7) is 2.50. The van der Waals surface area contributed by atoms with Gasteiger partial charge in [-0.15, -0.1) is 0 Å². The van der Waals surface area contributed by atoms with Crippen LogP contribution < -0.4 is 10.5 Å². The fourth-order valence-corrected chi connectivity index (χ4v) is 2.28. The van der Waals surface area contributed by atoms with Crippen molar-refractivity contribution in [1.82, 2.24) is 4.98 Å². The Morgan fingerprint density at radius 2 is 1.90 bits per heavy atom. The molecule has 0 aliphatic heterocycles. The van der Waals surface area contributed by atoms with Gasteiger partial charge in [0.2, 0.25) is 0 Å².